The minimum absolute atomic E-state index is 0.101. The summed E-state index contributed by atoms with van der Waals surface area (Å²) in [6.45, 7) is 0. The number of nitriles is 1. The highest BCUT2D eigenvalue weighted by Crippen LogP contribution is 2.22. The molecule has 0 saturated carbocycles. The van der Waals surface area contributed by atoms with Crippen molar-refractivity contribution in [2.24, 2.45) is 5.73 Å². The van der Waals surface area contributed by atoms with Crippen LogP contribution in [0, 0.1) is 11.3 Å². The van der Waals surface area contributed by atoms with E-state index in [0.29, 0.717) is 5.56 Å². The Morgan fingerprint density at radius 1 is 1.60 bits per heavy atom. The van der Waals surface area contributed by atoms with Gasteiger partial charge in [0.15, 0.2) is 0 Å². The van der Waals surface area contributed by atoms with Crippen molar-refractivity contribution in [3.8, 4) is 11.8 Å². The lowest BCUT2D eigenvalue weighted by Gasteiger charge is -2.09. The Morgan fingerprint density at radius 2 is 2.27 bits per heavy atom. The number of hydrogen-bond acceptors (Lipinski definition) is 4. The van der Waals surface area contributed by atoms with E-state index in [4.69, 9.17) is 16.1 Å². The fraction of sp³-hybridized carbons (Fsp3) is 0.200. The number of carbonyl (C=O) groups is 1. The van der Waals surface area contributed by atoms with Crippen molar-refractivity contribution in [3.05, 3.63) is 29.3 Å². The number of nitrogens with zero attached hydrogens (tertiary/aromatic N) is 1. The van der Waals surface area contributed by atoms with Crippen LogP contribution in [0.5, 0.6) is 5.75 Å². The number of aromatic carboxylic acids is 1. The molecule has 1 rings (SSSR count). The summed E-state index contributed by atoms with van der Waals surface area (Å²) in [7, 11) is 0. The Balaban J connectivity index is 3.08. The molecule has 0 amide bonds. The molecule has 0 radical (unpaired) electrons. The molecule has 1 atom stereocenters. The first kappa shape index (κ1) is 11.0. The zero-order valence-corrected chi connectivity index (χ0v) is 7.84. The molecule has 1 aromatic carbocycles. The van der Waals surface area contributed by atoms with Crippen LogP contribution in [0.3, 0.4) is 0 Å². The third-order valence-electron chi connectivity index (χ3n) is 1.99. The molecule has 1 aromatic rings. The van der Waals surface area contributed by atoms with Crippen molar-refractivity contribution in [2.75, 3.05) is 0 Å². The van der Waals surface area contributed by atoms with Gasteiger partial charge < -0.3 is 15.9 Å². The second kappa shape index (κ2) is 4.44. The SMILES string of the molecule is N#CC[C@H](N)c1ccc(O)c(C(=O)O)c1. The number of carboxylic acid groups (broad SMARTS) is 1. The predicted octanol–water partition coefficient (Wildman–Crippen LogP) is 1.00. The fourth-order valence-corrected chi connectivity index (χ4v) is 1.17. The maximum atomic E-state index is 10.7. The van der Waals surface area contributed by atoms with E-state index in [0.717, 1.165) is 0 Å². The highest BCUT2D eigenvalue weighted by Gasteiger charge is 2.13. The Kier molecular flexibility index (Phi) is 3.26. The Labute approximate surface area is 86.4 Å². The van der Waals surface area contributed by atoms with Crippen LogP contribution < -0.4 is 5.73 Å². The summed E-state index contributed by atoms with van der Waals surface area (Å²) < 4.78 is 0. The molecule has 0 aliphatic carbocycles. The Bertz CT molecular complexity index is 423. The van der Waals surface area contributed by atoms with Gasteiger partial charge in [-0.2, -0.15) is 5.26 Å². The van der Waals surface area contributed by atoms with E-state index in [1.807, 2.05) is 6.07 Å². The van der Waals surface area contributed by atoms with Crippen molar-refractivity contribution < 1.29 is 15.0 Å². The van der Waals surface area contributed by atoms with Crippen molar-refractivity contribution in [1.29, 1.82) is 5.26 Å². The van der Waals surface area contributed by atoms with Crippen LogP contribution in [0.15, 0.2) is 18.2 Å². The molecule has 0 aromatic heterocycles. The average molecular weight is 206 g/mol. The summed E-state index contributed by atoms with van der Waals surface area (Å²) in [5.41, 5.74) is 5.94. The number of phenols is 1. The zero-order chi connectivity index (χ0) is 11.4. The summed E-state index contributed by atoms with van der Waals surface area (Å²) in [6, 6.07) is 5.40. The van der Waals surface area contributed by atoms with Crippen LogP contribution in [0.1, 0.15) is 28.4 Å². The molecule has 0 fully saturated rings. The van der Waals surface area contributed by atoms with Gasteiger partial charge in [0.05, 0.1) is 12.5 Å². The van der Waals surface area contributed by atoms with Gasteiger partial charge in [-0.3, -0.25) is 0 Å². The van der Waals surface area contributed by atoms with Crippen LogP contribution in [-0.2, 0) is 0 Å². The van der Waals surface area contributed by atoms with Crippen molar-refractivity contribution >= 4 is 5.97 Å². The maximum absolute atomic E-state index is 10.7. The highest BCUT2D eigenvalue weighted by molar-refractivity contribution is 5.90. The predicted molar refractivity (Wildman–Crippen MR) is 52.2 cm³/mol. The lowest BCUT2D eigenvalue weighted by Crippen LogP contribution is -2.10. The van der Waals surface area contributed by atoms with Crippen LogP contribution >= 0.6 is 0 Å². The zero-order valence-electron chi connectivity index (χ0n) is 7.84. The monoisotopic (exact) mass is 206 g/mol. The van der Waals surface area contributed by atoms with E-state index in [1.54, 1.807) is 0 Å². The molecule has 5 heteroatoms. The van der Waals surface area contributed by atoms with Crippen molar-refractivity contribution in [2.45, 2.75) is 12.5 Å². The van der Waals surface area contributed by atoms with Gasteiger partial charge in [0.25, 0.3) is 0 Å². The van der Waals surface area contributed by atoms with Gasteiger partial charge in [-0.25, -0.2) is 4.79 Å². The number of carboxylic acids is 1. The van der Waals surface area contributed by atoms with E-state index in [1.165, 1.54) is 18.2 Å². The van der Waals surface area contributed by atoms with Gasteiger partial charge in [0, 0.05) is 6.04 Å². The molecular formula is C10H10N2O3. The molecule has 0 unspecified atom stereocenters. The largest absolute Gasteiger partial charge is 0.507 e. The molecule has 0 aliphatic heterocycles. The van der Waals surface area contributed by atoms with Crippen molar-refractivity contribution in [3.63, 3.8) is 0 Å². The second-order valence-corrected chi connectivity index (χ2v) is 3.05. The normalized spacial score (nSPS) is 11.7. The molecule has 0 bridgehead atoms. The smallest absolute Gasteiger partial charge is 0.339 e. The minimum Gasteiger partial charge on any atom is -0.507 e. The second-order valence-electron chi connectivity index (χ2n) is 3.05. The molecular weight excluding hydrogens is 196 g/mol. The molecule has 0 saturated heterocycles. The summed E-state index contributed by atoms with van der Waals surface area (Å²) >= 11 is 0. The van der Waals surface area contributed by atoms with Gasteiger partial charge in [0.2, 0.25) is 0 Å². The van der Waals surface area contributed by atoms with E-state index in [2.05, 4.69) is 0 Å². The number of rotatable bonds is 3. The summed E-state index contributed by atoms with van der Waals surface area (Å²) in [4.78, 5) is 10.7. The first-order valence-electron chi connectivity index (χ1n) is 4.25. The molecule has 0 heterocycles. The van der Waals surface area contributed by atoms with E-state index in [9.17, 15) is 9.90 Å². The third-order valence-corrected chi connectivity index (χ3v) is 1.99. The number of aromatic hydroxyl groups is 1. The number of benzene rings is 1. The molecule has 78 valence electrons. The summed E-state index contributed by atoms with van der Waals surface area (Å²) in [5.74, 6) is -1.53. The van der Waals surface area contributed by atoms with Gasteiger partial charge in [-0.05, 0) is 17.7 Å². The highest BCUT2D eigenvalue weighted by atomic mass is 16.4. The van der Waals surface area contributed by atoms with E-state index >= 15 is 0 Å². The fourth-order valence-electron chi connectivity index (χ4n) is 1.17. The van der Waals surface area contributed by atoms with E-state index < -0.39 is 12.0 Å². The lowest BCUT2D eigenvalue weighted by molar-refractivity contribution is 0.0693. The van der Waals surface area contributed by atoms with Gasteiger partial charge >= 0.3 is 5.97 Å². The molecule has 0 spiro atoms. The average Bonchev–Trinajstić information content (AvgIpc) is 2.18. The third kappa shape index (κ3) is 2.45. The Hall–Kier alpha value is -2.06. The minimum atomic E-state index is -1.22. The topological polar surface area (TPSA) is 107 Å². The molecule has 4 N–H and O–H groups in total. The standard InChI is InChI=1S/C10H10N2O3/c11-4-3-8(12)6-1-2-9(13)7(5-6)10(14)15/h1-2,5,8,13H,3,12H2,(H,14,15)/t8-/m0/s1. The number of hydrogen-bond donors (Lipinski definition) is 3. The van der Waals surface area contributed by atoms with Crippen LogP contribution in [0.4, 0.5) is 0 Å². The van der Waals surface area contributed by atoms with Crippen LogP contribution in [-0.4, -0.2) is 16.2 Å². The number of nitrogens with two attached hydrogens (primary N) is 1. The Morgan fingerprint density at radius 3 is 2.80 bits per heavy atom. The molecule has 0 aliphatic rings. The van der Waals surface area contributed by atoms with Gasteiger partial charge in [-0.1, -0.05) is 6.07 Å². The van der Waals surface area contributed by atoms with Gasteiger partial charge in [-0.15, -0.1) is 0 Å². The first-order valence-corrected chi connectivity index (χ1v) is 4.25. The van der Waals surface area contributed by atoms with Crippen LogP contribution in [0.25, 0.3) is 0 Å². The first-order chi connectivity index (χ1) is 7.06. The molecule has 15 heavy (non-hydrogen) atoms. The molecule has 5 nitrogen and oxygen atoms in total. The van der Waals surface area contributed by atoms with E-state index in [-0.39, 0.29) is 17.7 Å². The summed E-state index contributed by atoms with van der Waals surface area (Å²) in [6.07, 6.45) is 0.101. The maximum Gasteiger partial charge on any atom is 0.339 e. The quantitative estimate of drug-likeness (QED) is 0.683. The summed E-state index contributed by atoms with van der Waals surface area (Å²) in [5, 5.41) is 26.4. The van der Waals surface area contributed by atoms with Gasteiger partial charge in [0.1, 0.15) is 11.3 Å². The van der Waals surface area contributed by atoms with Crippen LogP contribution in [0.2, 0.25) is 0 Å². The lowest BCUT2D eigenvalue weighted by atomic mass is 10.0. The van der Waals surface area contributed by atoms with Crippen molar-refractivity contribution in [1.82, 2.24) is 0 Å².